The molecule has 1 aliphatic heterocycles. The van der Waals surface area contributed by atoms with E-state index in [1.54, 1.807) is 0 Å². The molecule has 0 radical (unpaired) electrons. The molecule has 0 unspecified atom stereocenters. The van der Waals surface area contributed by atoms with Gasteiger partial charge in [0, 0.05) is 43.4 Å². The number of fused-ring (bicyclic) bond motifs is 2. The molecule has 1 amide bonds. The second-order valence-corrected chi connectivity index (χ2v) is 7.11. The molecule has 4 rings (SSSR count). The molecule has 132 valence electrons. The number of pyridine rings is 1. The number of amides is 1. The predicted molar refractivity (Wildman–Crippen MR) is 106 cm³/mol. The van der Waals surface area contributed by atoms with Crippen LogP contribution >= 0.6 is 0 Å². The van der Waals surface area contributed by atoms with Gasteiger partial charge in [0.1, 0.15) is 0 Å². The Morgan fingerprint density at radius 3 is 2.69 bits per heavy atom. The first kappa shape index (κ1) is 16.6. The van der Waals surface area contributed by atoms with Gasteiger partial charge < -0.3 is 9.80 Å². The Kier molecular flexibility index (Phi) is 4.11. The Balaban J connectivity index is 1.77. The van der Waals surface area contributed by atoms with E-state index in [1.165, 1.54) is 11.3 Å². The van der Waals surface area contributed by atoms with Gasteiger partial charge in [0.2, 0.25) is 0 Å². The van der Waals surface area contributed by atoms with Crippen LogP contribution in [-0.4, -0.2) is 35.9 Å². The Hall–Kier alpha value is -2.88. The Morgan fingerprint density at radius 2 is 1.85 bits per heavy atom. The summed E-state index contributed by atoms with van der Waals surface area (Å²) >= 11 is 0. The summed E-state index contributed by atoms with van der Waals surface area (Å²) in [5.74, 6) is 0.0798. The van der Waals surface area contributed by atoms with Gasteiger partial charge in [-0.05, 0) is 43.7 Å². The quantitative estimate of drug-likeness (QED) is 0.670. The number of aromatic nitrogens is 1. The molecule has 2 heterocycles. The minimum Gasteiger partial charge on any atom is -0.373 e. The van der Waals surface area contributed by atoms with E-state index >= 15 is 0 Å². The molecule has 4 nitrogen and oxygen atoms in total. The summed E-state index contributed by atoms with van der Waals surface area (Å²) in [5, 5.41) is 0.937. The van der Waals surface area contributed by atoms with Gasteiger partial charge in [-0.15, -0.1) is 0 Å². The zero-order chi connectivity index (χ0) is 18.3. The summed E-state index contributed by atoms with van der Waals surface area (Å²) in [4.78, 5) is 22.2. The van der Waals surface area contributed by atoms with Crippen LogP contribution in [0.4, 0.5) is 5.69 Å². The number of para-hydroxylation sites is 1. The van der Waals surface area contributed by atoms with Crippen LogP contribution in [0, 0.1) is 13.8 Å². The fourth-order valence-corrected chi connectivity index (χ4v) is 3.69. The highest BCUT2D eigenvalue weighted by molar-refractivity contribution is 6.06. The fourth-order valence-electron chi connectivity index (χ4n) is 3.69. The van der Waals surface area contributed by atoms with Crippen LogP contribution < -0.4 is 4.90 Å². The molecule has 3 aromatic rings. The van der Waals surface area contributed by atoms with Crippen LogP contribution in [0.2, 0.25) is 0 Å². The first-order chi connectivity index (χ1) is 12.5. The van der Waals surface area contributed by atoms with Crippen molar-refractivity contribution in [2.45, 2.75) is 20.4 Å². The van der Waals surface area contributed by atoms with Crippen molar-refractivity contribution < 1.29 is 4.79 Å². The second-order valence-electron chi connectivity index (χ2n) is 7.11. The van der Waals surface area contributed by atoms with E-state index in [-0.39, 0.29) is 5.91 Å². The molecule has 0 bridgehead atoms. The van der Waals surface area contributed by atoms with Gasteiger partial charge in [0.05, 0.1) is 11.1 Å². The topological polar surface area (TPSA) is 36.4 Å². The van der Waals surface area contributed by atoms with Crippen molar-refractivity contribution in [1.29, 1.82) is 0 Å². The smallest absolute Gasteiger partial charge is 0.254 e. The zero-order valence-corrected chi connectivity index (χ0v) is 15.5. The minimum atomic E-state index is 0.0798. The van der Waals surface area contributed by atoms with Gasteiger partial charge in [-0.2, -0.15) is 0 Å². The van der Waals surface area contributed by atoms with Gasteiger partial charge >= 0.3 is 0 Å². The number of aryl methyl sites for hydroxylation is 2. The molecule has 0 spiro atoms. The molecular formula is C22H23N3O. The van der Waals surface area contributed by atoms with Crippen LogP contribution in [-0.2, 0) is 6.54 Å². The van der Waals surface area contributed by atoms with Crippen LogP contribution in [0.25, 0.3) is 10.9 Å². The summed E-state index contributed by atoms with van der Waals surface area (Å²) in [6, 6.07) is 16.3. The number of rotatable bonds is 1. The standard InChI is InChI=1S/C22H23N3O/c1-15-8-9-20-18(12-15)19(13-16(2)23-20)22(26)25-11-10-24(3)21-7-5-4-6-17(21)14-25/h4-9,12-13H,10-11,14H2,1-3H3. The summed E-state index contributed by atoms with van der Waals surface area (Å²) in [6.45, 7) is 6.16. The van der Waals surface area contributed by atoms with E-state index < -0.39 is 0 Å². The zero-order valence-electron chi connectivity index (χ0n) is 15.5. The number of nitrogens with zero attached hydrogens (tertiary/aromatic N) is 3. The third kappa shape index (κ3) is 2.92. The van der Waals surface area contributed by atoms with E-state index in [9.17, 15) is 4.79 Å². The lowest BCUT2D eigenvalue weighted by molar-refractivity contribution is 0.0753. The van der Waals surface area contributed by atoms with Gasteiger partial charge in [0.15, 0.2) is 0 Å². The predicted octanol–water partition coefficient (Wildman–Crippen LogP) is 3.94. The van der Waals surface area contributed by atoms with Crippen molar-refractivity contribution in [1.82, 2.24) is 9.88 Å². The number of likely N-dealkylation sites (N-methyl/N-ethyl adjacent to an activating group) is 1. The molecule has 0 saturated carbocycles. The molecule has 0 aliphatic carbocycles. The van der Waals surface area contributed by atoms with Crippen molar-refractivity contribution in [2.75, 3.05) is 25.0 Å². The molecule has 1 aliphatic rings. The van der Waals surface area contributed by atoms with Crippen LogP contribution in [0.1, 0.15) is 27.2 Å². The summed E-state index contributed by atoms with van der Waals surface area (Å²) in [5.41, 5.74) is 6.03. The molecule has 0 N–H and O–H groups in total. The molecular weight excluding hydrogens is 322 g/mol. The van der Waals surface area contributed by atoms with Crippen molar-refractivity contribution in [3.05, 3.63) is 70.9 Å². The first-order valence-electron chi connectivity index (χ1n) is 8.99. The fraction of sp³-hybridized carbons (Fsp3) is 0.273. The van der Waals surface area contributed by atoms with E-state index in [0.29, 0.717) is 13.1 Å². The lowest BCUT2D eigenvalue weighted by Crippen LogP contribution is -2.34. The Morgan fingerprint density at radius 1 is 1.04 bits per heavy atom. The van der Waals surface area contributed by atoms with Crippen LogP contribution in [0.15, 0.2) is 48.5 Å². The molecule has 0 atom stereocenters. The Labute approximate surface area is 154 Å². The minimum absolute atomic E-state index is 0.0798. The lowest BCUT2D eigenvalue weighted by Gasteiger charge is -2.22. The highest BCUT2D eigenvalue weighted by Gasteiger charge is 2.23. The average molecular weight is 345 g/mol. The Bertz CT molecular complexity index is 996. The number of carbonyl (C=O) groups is 1. The summed E-state index contributed by atoms with van der Waals surface area (Å²) < 4.78 is 0. The molecule has 0 saturated heterocycles. The number of benzene rings is 2. The number of anilines is 1. The number of carbonyl (C=O) groups excluding carboxylic acids is 1. The van der Waals surface area contributed by atoms with Crippen LogP contribution in [0.3, 0.4) is 0 Å². The number of hydrogen-bond donors (Lipinski definition) is 0. The SMILES string of the molecule is Cc1ccc2nc(C)cc(C(=O)N3CCN(C)c4ccccc4C3)c2c1. The second kappa shape index (κ2) is 6.45. The summed E-state index contributed by atoms with van der Waals surface area (Å²) in [6.07, 6.45) is 0. The first-order valence-corrected chi connectivity index (χ1v) is 8.99. The normalized spacial score (nSPS) is 14.3. The van der Waals surface area contributed by atoms with Crippen molar-refractivity contribution in [3.63, 3.8) is 0 Å². The van der Waals surface area contributed by atoms with Gasteiger partial charge in [-0.1, -0.05) is 29.8 Å². The van der Waals surface area contributed by atoms with E-state index in [1.807, 2.05) is 43.0 Å². The maximum Gasteiger partial charge on any atom is 0.254 e. The third-order valence-corrected chi connectivity index (χ3v) is 5.08. The van der Waals surface area contributed by atoms with Crippen molar-refractivity contribution >= 4 is 22.5 Å². The van der Waals surface area contributed by atoms with E-state index in [4.69, 9.17) is 0 Å². The highest BCUT2D eigenvalue weighted by Crippen LogP contribution is 2.26. The molecule has 2 aromatic carbocycles. The van der Waals surface area contributed by atoms with Crippen molar-refractivity contribution in [3.8, 4) is 0 Å². The maximum atomic E-state index is 13.4. The largest absolute Gasteiger partial charge is 0.373 e. The highest BCUT2D eigenvalue weighted by atomic mass is 16.2. The summed E-state index contributed by atoms with van der Waals surface area (Å²) in [7, 11) is 2.09. The van der Waals surface area contributed by atoms with Gasteiger partial charge in [-0.3, -0.25) is 9.78 Å². The van der Waals surface area contributed by atoms with E-state index in [0.717, 1.165) is 34.3 Å². The molecule has 26 heavy (non-hydrogen) atoms. The van der Waals surface area contributed by atoms with E-state index in [2.05, 4.69) is 41.2 Å². The molecule has 4 heteroatoms. The number of hydrogen-bond acceptors (Lipinski definition) is 3. The van der Waals surface area contributed by atoms with Gasteiger partial charge in [0.25, 0.3) is 5.91 Å². The monoisotopic (exact) mass is 345 g/mol. The lowest BCUT2D eigenvalue weighted by atomic mass is 10.0. The average Bonchev–Trinajstić information content (AvgIpc) is 2.80. The van der Waals surface area contributed by atoms with Gasteiger partial charge in [-0.25, -0.2) is 0 Å². The maximum absolute atomic E-state index is 13.4. The third-order valence-electron chi connectivity index (χ3n) is 5.08. The molecule has 1 aromatic heterocycles. The molecule has 0 fully saturated rings. The van der Waals surface area contributed by atoms with Crippen molar-refractivity contribution in [2.24, 2.45) is 0 Å². The van der Waals surface area contributed by atoms with Crippen LogP contribution in [0.5, 0.6) is 0 Å².